The fourth-order valence-electron chi connectivity index (χ4n) is 1.74. The maximum atomic E-state index is 13.2. The third-order valence-electron chi connectivity index (χ3n) is 2.80. The van der Waals surface area contributed by atoms with Gasteiger partial charge in [-0.2, -0.15) is 0 Å². The van der Waals surface area contributed by atoms with Crippen molar-refractivity contribution < 1.29 is 23.0 Å². The Morgan fingerprint density at radius 3 is 1.95 bits per heavy atom. The number of ether oxygens (including phenoxy) is 2. The molecule has 0 amide bonds. The Labute approximate surface area is 114 Å². The summed E-state index contributed by atoms with van der Waals surface area (Å²) in [5.41, 5.74) is 0.325. The lowest BCUT2D eigenvalue weighted by atomic mass is 10.0. The first kappa shape index (κ1) is 14.0. The zero-order valence-electron chi connectivity index (χ0n) is 10.9. The van der Waals surface area contributed by atoms with Crippen molar-refractivity contribution in [3.05, 3.63) is 59.2 Å². The van der Waals surface area contributed by atoms with Gasteiger partial charge in [0.25, 0.3) is 0 Å². The monoisotopic (exact) mass is 278 g/mol. The highest BCUT2D eigenvalue weighted by Gasteiger charge is 2.14. The molecule has 0 bridgehead atoms. The van der Waals surface area contributed by atoms with E-state index in [0.29, 0.717) is 11.5 Å². The second-order valence-electron chi connectivity index (χ2n) is 4.06. The molecule has 0 atom stereocenters. The van der Waals surface area contributed by atoms with Crippen LogP contribution in [-0.4, -0.2) is 20.0 Å². The predicted molar refractivity (Wildman–Crippen MR) is 69.3 cm³/mol. The standard InChI is InChI=1S/C15H12F2O3/c1-19-11-5-10(6-12(8-11)20-2)15(18)9-3-4-13(16)14(17)7-9/h3-8H,1-2H3. The molecule has 0 fully saturated rings. The molecule has 20 heavy (non-hydrogen) atoms. The normalized spacial score (nSPS) is 10.2. The van der Waals surface area contributed by atoms with Gasteiger partial charge in [0, 0.05) is 17.2 Å². The smallest absolute Gasteiger partial charge is 0.193 e. The molecule has 2 aromatic carbocycles. The van der Waals surface area contributed by atoms with Gasteiger partial charge in [-0.25, -0.2) is 8.78 Å². The average Bonchev–Trinajstić information content (AvgIpc) is 2.48. The van der Waals surface area contributed by atoms with Crippen LogP contribution in [0, 0.1) is 11.6 Å². The maximum absolute atomic E-state index is 13.2. The van der Waals surface area contributed by atoms with Gasteiger partial charge in [-0.1, -0.05) is 0 Å². The average molecular weight is 278 g/mol. The first-order valence-corrected chi connectivity index (χ1v) is 5.78. The molecule has 0 radical (unpaired) electrons. The minimum absolute atomic E-state index is 0.0548. The first-order chi connectivity index (χ1) is 9.55. The van der Waals surface area contributed by atoms with Crippen LogP contribution in [0.2, 0.25) is 0 Å². The summed E-state index contributed by atoms with van der Waals surface area (Å²) in [6, 6.07) is 7.64. The van der Waals surface area contributed by atoms with E-state index in [0.717, 1.165) is 12.1 Å². The van der Waals surface area contributed by atoms with Crippen LogP contribution in [0.1, 0.15) is 15.9 Å². The highest BCUT2D eigenvalue weighted by Crippen LogP contribution is 2.24. The quantitative estimate of drug-likeness (QED) is 0.806. The summed E-state index contributed by atoms with van der Waals surface area (Å²) in [7, 11) is 2.92. The van der Waals surface area contributed by atoms with Gasteiger partial charge in [-0.3, -0.25) is 4.79 Å². The van der Waals surface area contributed by atoms with Gasteiger partial charge in [0.2, 0.25) is 0 Å². The van der Waals surface area contributed by atoms with Gasteiger partial charge in [-0.05, 0) is 30.3 Å². The highest BCUT2D eigenvalue weighted by molar-refractivity contribution is 6.09. The van der Waals surface area contributed by atoms with Gasteiger partial charge in [0.15, 0.2) is 17.4 Å². The van der Waals surface area contributed by atoms with E-state index in [1.165, 1.54) is 32.4 Å². The number of hydrogen-bond donors (Lipinski definition) is 0. The molecule has 0 unspecified atom stereocenters. The number of benzene rings is 2. The molecule has 0 saturated carbocycles. The van der Waals surface area contributed by atoms with E-state index in [1.807, 2.05) is 0 Å². The minimum atomic E-state index is -1.06. The first-order valence-electron chi connectivity index (χ1n) is 5.78. The lowest BCUT2D eigenvalue weighted by molar-refractivity contribution is 0.103. The molecule has 3 nitrogen and oxygen atoms in total. The van der Waals surface area contributed by atoms with Crippen LogP contribution in [0.4, 0.5) is 8.78 Å². The Morgan fingerprint density at radius 1 is 0.850 bits per heavy atom. The Bertz CT molecular complexity index is 631. The van der Waals surface area contributed by atoms with Crippen molar-refractivity contribution in [3.8, 4) is 11.5 Å². The number of ketones is 1. The number of methoxy groups -OCH3 is 2. The number of carbonyl (C=O) groups is 1. The molecular formula is C15H12F2O3. The molecule has 0 spiro atoms. The van der Waals surface area contributed by atoms with E-state index >= 15 is 0 Å². The van der Waals surface area contributed by atoms with Crippen molar-refractivity contribution in [2.45, 2.75) is 0 Å². The van der Waals surface area contributed by atoms with Crippen LogP contribution in [0.5, 0.6) is 11.5 Å². The zero-order valence-corrected chi connectivity index (χ0v) is 10.9. The summed E-state index contributed by atoms with van der Waals surface area (Å²) in [5, 5.41) is 0. The van der Waals surface area contributed by atoms with Gasteiger partial charge in [-0.15, -0.1) is 0 Å². The zero-order chi connectivity index (χ0) is 14.7. The van der Waals surface area contributed by atoms with E-state index in [1.54, 1.807) is 6.07 Å². The molecule has 0 heterocycles. The van der Waals surface area contributed by atoms with Gasteiger partial charge in [0.05, 0.1) is 14.2 Å². The second kappa shape index (κ2) is 5.69. The molecule has 0 saturated heterocycles. The topological polar surface area (TPSA) is 35.5 Å². The van der Waals surface area contributed by atoms with Crippen molar-refractivity contribution in [1.29, 1.82) is 0 Å². The van der Waals surface area contributed by atoms with Crippen LogP contribution in [0.3, 0.4) is 0 Å². The number of halogens is 2. The Balaban J connectivity index is 2.44. The van der Waals surface area contributed by atoms with E-state index < -0.39 is 17.4 Å². The van der Waals surface area contributed by atoms with Gasteiger partial charge in [0.1, 0.15) is 11.5 Å². The predicted octanol–water partition coefficient (Wildman–Crippen LogP) is 3.21. The summed E-state index contributed by atoms with van der Waals surface area (Å²) < 4.78 is 36.2. The molecule has 104 valence electrons. The van der Waals surface area contributed by atoms with E-state index in [4.69, 9.17) is 9.47 Å². The van der Waals surface area contributed by atoms with E-state index in [-0.39, 0.29) is 11.1 Å². The Morgan fingerprint density at radius 2 is 1.45 bits per heavy atom. The molecule has 0 aromatic heterocycles. The van der Waals surface area contributed by atoms with Crippen molar-refractivity contribution in [3.63, 3.8) is 0 Å². The number of hydrogen-bond acceptors (Lipinski definition) is 3. The number of rotatable bonds is 4. The van der Waals surface area contributed by atoms with Crippen molar-refractivity contribution in [1.82, 2.24) is 0 Å². The van der Waals surface area contributed by atoms with Crippen LogP contribution < -0.4 is 9.47 Å². The van der Waals surface area contributed by atoms with Crippen LogP contribution in [0.25, 0.3) is 0 Å². The SMILES string of the molecule is COc1cc(OC)cc(C(=O)c2ccc(F)c(F)c2)c1. The van der Waals surface area contributed by atoms with E-state index in [2.05, 4.69) is 0 Å². The summed E-state index contributed by atoms with van der Waals surface area (Å²) in [5.74, 6) is -1.62. The number of carbonyl (C=O) groups excluding carboxylic acids is 1. The lowest BCUT2D eigenvalue weighted by Gasteiger charge is -2.08. The van der Waals surface area contributed by atoms with Gasteiger partial charge >= 0.3 is 0 Å². The molecule has 2 rings (SSSR count). The Hall–Kier alpha value is -2.43. The third-order valence-corrected chi connectivity index (χ3v) is 2.80. The third kappa shape index (κ3) is 2.77. The molecule has 0 N–H and O–H groups in total. The van der Waals surface area contributed by atoms with Crippen molar-refractivity contribution >= 4 is 5.78 Å². The summed E-state index contributed by atoms with van der Waals surface area (Å²) >= 11 is 0. The van der Waals surface area contributed by atoms with Crippen LogP contribution in [-0.2, 0) is 0 Å². The molecule has 0 aliphatic carbocycles. The second-order valence-corrected chi connectivity index (χ2v) is 4.06. The highest BCUT2D eigenvalue weighted by atomic mass is 19.2. The minimum Gasteiger partial charge on any atom is -0.497 e. The van der Waals surface area contributed by atoms with Crippen LogP contribution in [0.15, 0.2) is 36.4 Å². The lowest BCUT2D eigenvalue weighted by Crippen LogP contribution is -2.03. The fraction of sp³-hybridized carbons (Fsp3) is 0.133. The summed E-state index contributed by atoms with van der Waals surface area (Å²) in [4.78, 5) is 12.2. The van der Waals surface area contributed by atoms with E-state index in [9.17, 15) is 13.6 Å². The maximum Gasteiger partial charge on any atom is 0.193 e. The fourth-order valence-corrected chi connectivity index (χ4v) is 1.74. The molecule has 5 heteroatoms. The molecule has 0 aliphatic rings. The van der Waals surface area contributed by atoms with Crippen LogP contribution >= 0.6 is 0 Å². The largest absolute Gasteiger partial charge is 0.497 e. The summed E-state index contributed by atoms with van der Waals surface area (Å²) in [6.07, 6.45) is 0. The van der Waals surface area contributed by atoms with Crippen molar-refractivity contribution in [2.24, 2.45) is 0 Å². The van der Waals surface area contributed by atoms with Crippen molar-refractivity contribution in [2.75, 3.05) is 14.2 Å². The molecular weight excluding hydrogens is 266 g/mol. The summed E-state index contributed by atoms with van der Waals surface area (Å²) in [6.45, 7) is 0. The molecule has 0 aliphatic heterocycles. The van der Waals surface area contributed by atoms with Gasteiger partial charge < -0.3 is 9.47 Å². The Kier molecular flexibility index (Phi) is 3.98. The molecule has 2 aromatic rings.